The van der Waals surface area contributed by atoms with Gasteiger partial charge in [-0.1, -0.05) is 27.7 Å². The van der Waals surface area contributed by atoms with Gasteiger partial charge in [0.15, 0.2) is 5.96 Å². The number of guanidine groups is 1. The quantitative estimate of drug-likeness (QED) is 0.556. The van der Waals surface area contributed by atoms with Gasteiger partial charge in [0.2, 0.25) is 0 Å². The van der Waals surface area contributed by atoms with Crippen molar-refractivity contribution < 1.29 is 0 Å². The van der Waals surface area contributed by atoms with Gasteiger partial charge in [-0.15, -0.1) is 0 Å². The Morgan fingerprint density at radius 3 is 2.10 bits per heavy atom. The van der Waals surface area contributed by atoms with E-state index in [1.54, 1.807) is 0 Å². The maximum atomic E-state index is 4.31. The number of aliphatic imine (C=N–C) groups is 1. The summed E-state index contributed by atoms with van der Waals surface area (Å²) in [4.78, 5) is 6.96. The van der Waals surface area contributed by atoms with Gasteiger partial charge < -0.3 is 10.6 Å². The predicted octanol–water partition coefficient (Wildman–Crippen LogP) is 2.32. The second-order valence-electron chi connectivity index (χ2n) is 6.75. The van der Waals surface area contributed by atoms with E-state index in [1.165, 1.54) is 32.4 Å². The summed E-state index contributed by atoms with van der Waals surface area (Å²) in [6.45, 7) is 13.5. The largest absolute Gasteiger partial charge is 0.356 e. The van der Waals surface area contributed by atoms with E-state index >= 15 is 0 Å². The fourth-order valence-electron chi connectivity index (χ4n) is 2.75. The third kappa shape index (κ3) is 6.60. The van der Waals surface area contributed by atoms with E-state index in [4.69, 9.17) is 0 Å². The molecule has 0 bridgehead atoms. The van der Waals surface area contributed by atoms with Crippen molar-refractivity contribution in [3.63, 3.8) is 0 Å². The SMILES string of the molecule is CN=C(NCC(C)C)NCC(CC(C)C)N1CCCC1. The van der Waals surface area contributed by atoms with Gasteiger partial charge in [0.25, 0.3) is 0 Å². The van der Waals surface area contributed by atoms with Crippen molar-refractivity contribution in [2.24, 2.45) is 16.8 Å². The van der Waals surface area contributed by atoms with Crippen LogP contribution in [0.3, 0.4) is 0 Å². The summed E-state index contributed by atoms with van der Waals surface area (Å²) < 4.78 is 0. The van der Waals surface area contributed by atoms with Crippen molar-refractivity contribution in [3.8, 4) is 0 Å². The lowest BCUT2D eigenvalue weighted by Gasteiger charge is -2.29. The van der Waals surface area contributed by atoms with E-state index in [0.717, 1.165) is 25.0 Å². The number of likely N-dealkylation sites (tertiary alicyclic amines) is 1. The predicted molar refractivity (Wildman–Crippen MR) is 88.3 cm³/mol. The summed E-state index contributed by atoms with van der Waals surface area (Å²) in [7, 11) is 1.85. The van der Waals surface area contributed by atoms with Crippen LogP contribution in [0.5, 0.6) is 0 Å². The number of nitrogens with one attached hydrogen (secondary N) is 2. The molecule has 1 saturated heterocycles. The van der Waals surface area contributed by atoms with Crippen LogP contribution in [0.2, 0.25) is 0 Å². The molecule has 0 aromatic carbocycles. The first-order chi connectivity index (χ1) is 9.52. The van der Waals surface area contributed by atoms with E-state index in [2.05, 4.69) is 48.2 Å². The Bertz CT molecular complexity index is 280. The molecule has 1 rings (SSSR count). The van der Waals surface area contributed by atoms with Gasteiger partial charge in [-0.05, 0) is 44.2 Å². The molecule has 118 valence electrons. The normalized spacial score (nSPS) is 18.9. The molecule has 2 N–H and O–H groups in total. The standard InChI is InChI=1S/C16H34N4/c1-13(2)10-15(20-8-6-7-9-20)12-19-16(17-5)18-11-14(3)4/h13-15H,6-12H2,1-5H3,(H2,17,18,19). The molecule has 1 atom stereocenters. The highest BCUT2D eigenvalue weighted by molar-refractivity contribution is 5.79. The monoisotopic (exact) mass is 282 g/mol. The van der Waals surface area contributed by atoms with Crippen LogP contribution < -0.4 is 10.6 Å². The Labute approximate surface area is 125 Å². The maximum Gasteiger partial charge on any atom is 0.191 e. The van der Waals surface area contributed by atoms with Gasteiger partial charge in [0.05, 0.1) is 0 Å². The molecule has 1 aliphatic heterocycles. The average molecular weight is 282 g/mol. The molecule has 1 unspecified atom stereocenters. The van der Waals surface area contributed by atoms with Crippen molar-refractivity contribution in [2.45, 2.75) is 53.0 Å². The van der Waals surface area contributed by atoms with Crippen LogP contribution >= 0.6 is 0 Å². The van der Waals surface area contributed by atoms with Crippen molar-refractivity contribution in [2.75, 3.05) is 33.2 Å². The molecule has 0 saturated carbocycles. The lowest BCUT2D eigenvalue weighted by molar-refractivity contribution is 0.213. The minimum absolute atomic E-state index is 0.634. The van der Waals surface area contributed by atoms with Crippen molar-refractivity contribution in [1.29, 1.82) is 0 Å². The first-order valence-electron chi connectivity index (χ1n) is 8.21. The van der Waals surface area contributed by atoms with Gasteiger partial charge in [-0.25, -0.2) is 0 Å². The number of nitrogens with zero attached hydrogens (tertiary/aromatic N) is 2. The topological polar surface area (TPSA) is 39.7 Å². The first kappa shape index (κ1) is 17.3. The zero-order chi connectivity index (χ0) is 15.0. The lowest BCUT2D eigenvalue weighted by atomic mass is 10.0. The van der Waals surface area contributed by atoms with Gasteiger partial charge in [-0.2, -0.15) is 0 Å². The Morgan fingerprint density at radius 1 is 1.00 bits per heavy atom. The van der Waals surface area contributed by atoms with E-state index in [-0.39, 0.29) is 0 Å². The minimum Gasteiger partial charge on any atom is -0.356 e. The van der Waals surface area contributed by atoms with E-state index < -0.39 is 0 Å². The Kier molecular flexibility index (Phi) is 7.97. The van der Waals surface area contributed by atoms with Gasteiger partial charge in [0, 0.05) is 26.2 Å². The van der Waals surface area contributed by atoms with Crippen LogP contribution in [0.1, 0.15) is 47.0 Å². The van der Waals surface area contributed by atoms with Crippen molar-refractivity contribution in [1.82, 2.24) is 15.5 Å². The van der Waals surface area contributed by atoms with Crippen molar-refractivity contribution in [3.05, 3.63) is 0 Å². The van der Waals surface area contributed by atoms with E-state index in [1.807, 2.05) is 7.05 Å². The molecule has 1 aliphatic rings. The van der Waals surface area contributed by atoms with Crippen LogP contribution in [0, 0.1) is 11.8 Å². The minimum atomic E-state index is 0.634. The molecule has 1 heterocycles. The molecular weight excluding hydrogens is 248 g/mol. The van der Waals surface area contributed by atoms with Gasteiger partial charge in [-0.3, -0.25) is 9.89 Å². The molecular formula is C16H34N4. The lowest BCUT2D eigenvalue weighted by Crippen LogP contribution is -2.47. The zero-order valence-electron chi connectivity index (χ0n) is 14.1. The Morgan fingerprint density at radius 2 is 1.60 bits per heavy atom. The molecule has 0 aliphatic carbocycles. The fourth-order valence-corrected chi connectivity index (χ4v) is 2.75. The first-order valence-corrected chi connectivity index (χ1v) is 8.21. The van der Waals surface area contributed by atoms with Crippen LogP contribution in [0.25, 0.3) is 0 Å². The van der Waals surface area contributed by atoms with Gasteiger partial charge >= 0.3 is 0 Å². The molecule has 0 amide bonds. The number of hydrogen-bond donors (Lipinski definition) is 2. The Balaban J connectivity index is 2.43. The molecule has 4 nitrogen and oxygen atoms in total. The summed E-state index contributed by atoms with van der Waals surface area (Å²) in [6, 6.07) is 0.634. The third-order valence-corrected chi connectivity index (χ3v) is 3.81. The zero-order valence-corrected chi connectivity index (χ0v) is 14.1. The number of rotatable bonds is 7. The third-order valence-electron chi connectivity index (χ3n) is 3.81. The highest BCUT2D eigenvalue weighted by Crippen LogP contribution is 2.17. The molecule has 0 aromatic heterocycles. The summed E-state index contributed by atoms with van der Waals surface area (Å²) in [5.41, 5.74) is 0. The maximum absolute atomic E-state index is 4.31. The Hall–Kier alpha value is -0.770. The molecule has 20 heavy (non-hydrogen) atoms. The van der Waals surface area contributed by atoms with Crippen LogP contribution in [-0.4, -0.2) is 50.1 Å². The fraction of sp³-hybridized carbons (Fsp3) is 0.938. The second-order valence-corrected chi connectivity index (χ2v) is 6.75. The molecule has 0 aromatic rings. The van der Waals surface area contributed by atoms with E-state index in [9.17, 15) is 0 Å². The molecule has 0 radical (unpaired) electrons. The highest BCUT2D eigenvalue weighted by Gasteiger charge is 2.22. The molecule has 0 spiro atoms. The summed E-state index contributed by atoms with van der Waals surface area (Å²) >= 11 is 0. The average Bonchev–Trinajstić information content (AvgIpc) is 2.90. The van der Waals surface area contributed by atoms with E-state index in [0.29, 0.717) is 12.0 Å². The summed E-state index contributed by atoms with van der Waals surface area (Å²) in [5.74, 6) is 2.32. The molecule has 1 fully saturated rings. The summed E-state index contributed by atoms with van der Waals surface area (Å²) in [5, 5.41) is 6.89. The van der Waals surface area contributed by atoms with Crippen LogP contribution in [-0.2, 0) is 0 Å². The van der Waals surface area contributed by atoms with Crippen molar-refractivity contribution >= 4 is 5.96 Å². The second kappa shape index (κ2) is 9.22. The van der Waals surface area contributed by atoms with Gasteiger partial charge in [0.1, 0.15) is 0 Å². The van der Waals surface area contributed by atoms with Crippen LogP contribution in [0.15, 0.2) is 4.99 Å². The number of hydrogen-bond acceptors (Lipinski definition) is 2. The summed E-state index contributed by atoms with van der Waals surface area (Å²) in [6.07, 6.45) is 3.97. The molecule has 4 heteroatoms. The highest BCUT2D eigenvalue weighted by atomic mass is 15.2. The van der Waals surface area contributed by atoms with Crippen LogP contribution in [0.4, 0.5) is 0 Å². The smallest absolute Gasteiger partial charge is 0.191 e.